The molecule has 0 aromatic heterocycles. The summed E-state index contributed by atoms with van der Waals surface area (Å²) in [5.41, 5.74) is 4.53. The second-order valence-electron chi connectivity index (χ2n) is 15.6. The third-order valence-corrected chi connectivity index (χ3v) is 17.3. The molecule has 51 heavy (non-hydrogen) atoms. The van der Waals surface area contributed by atoms with Crippen LogP contribution in [0.4, 0.5) is 0 Å². The van der Waals surface area contributed by atoms with Gasteiger partial charge in [0.1, 0.15) is 24.4 Å². The molecule has 8 heteroatoms. The molecule has 0 spiro atoms. The maximum absolute atomic E-state index is 12.0. The molecular weight excluding hydrogens is 657 g/mol. The molecule has 0 amide bonds. The molecule has 3 aromatic carbocycles. The fourth-order valence-corrected chi connectivity index (χ4v) is 13.9. The summed E-state index contributed by atoms with van der Waals surface area (Å²) in [6.45, 7) is 18.7. The molecule has 2 fully saturated rings. The summed E-state index contributed by atoms with van der Waals surface area (Å²) in [7, 11) is -2.07. The fourth-order valence-electron chi connectivity index (χ4n) is 8.38. The highest BCUT2D eigenvalue weighted by atomic mass is 28.4. The topological polar surface area (TPSA) is 75.6 Å². The summed E-state index contributed by atoms with van der Waals surface area (Å²) in [5, 5.41) is 12.0. The molecule has 0 unspecified atom stereocenters. The predicted octanol–water partition coefficient (Wildman–Crippen LogP) is 9.08. The molecule has 0 bridgehead atoms. The monoisotopic (exact) mass is 718 g/mol. The van der Waals surface area contributed by atoms with E-state index >= 15 is 0 Å². The van der Waals surface area contributed by atoms with Gasteiger partial charge in [-0.25, -0.2) is 0 Å². The Kier molecular flexibility index (Phi) is 14.5. The van der Waals surface area contributed by atoms with Gasteiger partial charge in [0.2, 0.25) is 0 Å². The van der Waals surface area contributed by atoms with Crippen LogP contribution in [-0.4, -0.2) is 64.0 Å². The number of aliphatic hydroxyl groups is 1. The Hall–Kier alpha value is -2.40. The molecule has 1 aliphatic heterocycles. The molecule has 1 aliphatic carbocycles. The van der Waals surface area contributed by atoms with Crippen molar-refractivity contribution in [2.75, 3.05) is 19.8 Å². The quantitative estimate of drug-likeness (QED) is 0.117. The smallest absolute Gasteiger partial charge is 0.200 e. The van der Waals surface area contributed by atoms with Gasteiger partial charge in [-0.15, -0.1) is 0 Å². The maximum Gasteiger partial charge on any atom is 0.200 e. The molecule has 2 aliphatic rings. The van der Waals surface area contributed by atoms with Crippen LogP contribution in [0.3, 0.4) is 0 Å². The highest BCUT2D eigenvalue weighted by Gasteiger charge is 2.57. The highest BCUT2D eigenvalue weighted by Crippen LogP contribution is 2.56. The van der Waals surface area contributed by atoms with Crippen molar-refractivity contribution in [2.45, 2.75) is 128 Å². The van der Waals surface area contributed by atoms with Crippen molar-refractivity contribution in [3.05, 3.63) is 108 Å². The first kappa shape index (κ1) is 39.8. The van der Waals surface area contributed by atoms with E-state index in [2.05, 4.69) is 48.5 Å². The molecule has 7 atom stereocenters. The van der Waals surface area contributed by atoms with Gasteiger partial charge in [-0.1, -0.05) is 146 Å². The lowest BCUT2D eigenvalue weighted by atomic mass is 9.98. The van der Waals surface area contributed by atoms with Gasteiger partial charge >= 0.3 is 0 Å². The minimum atomic E-state index is -2.07. The molecular formula is C43H62O7Si. The van der Waals surface area contributed by atoms with E-state index in [9.17, 15) is 5.11 Å². The van der Waals surface area contributed by atoms with Crippen molar-refractivity contribution in [2.24, 2.45) is 11.3 Å². The molecule has 1 saturated carbocycles. The Morgan fingerprint density at radius 3 is 1.65 bits per heavy atom. The number of hydrogen-bond acceptors (Lipinski definition) is 7. The van der Waals surface area contributed by atoms with Crippen LogP contribution >= 0.6 is 0 Å². The first-order valence-corrected chi connectivity index (χ1v) is 21.3. The number of hydrogen-bond donors (Lipinski definition) is 1. The first-order chi connectivity index (χ1) is 24.6. The minimum Gasteiger partial charge on any atom is -0.415 e. The minimum absolute atomic E-state index is 0.102. The largest absolute Gasteiger partial charge is 0.415 e. The van der Waals surface area contributed by atoms with Crippen LogP contribution in [0.1, 0.15) is 78.0 Å². The summed E-state index contributed by atoms with van der Waals surface area (Å²) >= 11 is 0. The molecule has 1 N–H and O–H groups in total. The van der Waals surface area contributed by atoms with Gasteiger partial charge in [0, 0.05) is 12.0 Å². The number of ether oxygens (including phenoxy) is 5. The zero-order chi connectivity index (χ0) is 36.4. The zero-order valence-corrected chi connectivity index (χ0v) is 32.9. The fraction of sp³-hybridized carbons (Fsp3) is 0.581. The van der Waals surface area contributed by atoms with Crippen molar-refractivity contribution in [3.63, 3.8) is 0 Å². The van der Waals surface area contributed by atoms with Gasteiger partial charge < -0.3 is 33.2 Å². The van der Waals surface area contributed by atoms with Gasteiger partial charge in [0.15, 0.2) is 14.6 Å². The van der Waals surface area contributed by atoms with E-state index in [4.69, 9.17) is 28.1 Å². The molecule has 3 aromatic rings. The average Bonchev–Trinajstić information content (AvgIpc) is 3.84. The SMILES string of the molecule is CC[C@H]1C[C@@]1(CO[C@@H]1O[C@H](COCc2ccccc2)[C@@H](OCc2ccccc2)[C@H](OCc2ccccc2)[C@H]1O)CO[Si](C(C)C)(C(C)C)C(C)C. The zero-order valence-electron chi connectivity index (χ0n) is 31.9. The van der Waals surface area contributed by atoms with Crippen LogP contribution in [0.5, 0.6) is 0 Å². The highest BCUT2D eigenvalue weighted by molar-refractivity contribution is 6.77. The number of aliphatic hydroxyl groups excluding tert-OH is 1. The van der Waals surface area contributed by atoms with Gasteiger partial charge in [0.05, 0.1) is 33.0 Å². The van der Waals surface area contributed by atoms with E-state index in [1.54, 1.807) is 0 Å². The van der Waals surface area contributed by atoms with E-state index in [0.29, 0.717) is 55.6 Å². The summed E-state index contributed by atoms with van der Waals surface area (Å²) < 4.78 is 39.8. The lowest BCUT2D eigenvalue weighted by Crippen LogP contribution is -2.61. The lowest BCUT2D eigenvalue weighted by molar-refractivity contribution is -0.321. The van der Waals surface area contributed by atoms with E-state index in [1.165, 1.54) is 0 Å². The normalized spacial score (nSPS) is 26.6. The summed E-state index contributed by atoms with van der Waals surface area (Å²) in [5.74, 6) is 0.508. The van der Waals surface area contributed by atoms with Crippen LogP contribution in [-0.2, 0) is 47.9 Å². The lowest BCUT2D eigenvalue weighted by Gasteiger charge is -2.45. The van der Waals surface area contributed by atoms with E-state index in [-0.39, 0.29) is 12.0 Å². The molecule has 1 heterocycles. The van der Waals surface area contributed by atoms with Crippen LogP contribution in [0, 0.1) is 11.3 Å². The van der Waals surface area contributed by atoms with Crippen molar-refractivity contribution < 1.29 is 33.2 Å². The second kappa shape index (κ2) is 18.6. The van der Waals surface area contributed by atoms with Crippen molar-refractivity contribution in [1.29, 1.82) is 0 Å². The number of rotatable bonds is 20. The summed E-state index contributed by atoms with van der Waals surface area (Å²) in [6, 6.07) is 30.2. The van der Waals surface area contributed by atoms with E-state index in [1.807, 2.05) is 91.0 Å². The van der Waals surface area contributed by atoms with Crippen molar-refractivity contribution in [1.82, 2.24) is 0 Å². The van der Waals surface area contributed by atoms with Crippen LogP contribution < -0.4 is 0 Å². The average molecular weight is 719 g/mol. The van der Waals surface area contributed by atoms with Gasteiger partial charge in [0.25, 0.3) is 0 Å². The van der Waals surface area contributed by atoms with Gasteiger partial charge in [-0.2, -0.15) is 0 Å². The van der Waals surface area contributed by atoms with E-state index in [0.717, 1.165) is 29.5 Å². The number of benzene rings is 3. The third kappa shape index (κ3) is 9.98. The maximum atomic E-state index is 12.0. The summed E-state index contributed by atoms with van der Waals surface area (Å²) in [6.07, 6.45) is -1.73. The molecule has 7 nitrogen and oxygen atoms in total. The Balaban J connectivity index is 1.36. The molecule has 1 saturated heterocycles. The third-order valence-electron chi connectivity index (χ3n) is 11.3. The Labute approximate surface area is 308 Å². The van der Waals surface area contributed by atoms with Gasteiger partial charge in [-0.05, 0) is 45.7 Å². The summed E-state index contributed by atoms with van der Waals surface area (Å²) in [4.78, 5) is 0. The first-order valence-electron chi connectivity index (χ1n) is 19.1. The second-order valence-corrected chi connectivity index (χ2v) is 21.1. The molecule has 280 valence electrons. The standard InChI is InChI=1S/C43H62O7Si/c1-8-37-24-43(37,30-49-51(31(2)3,32(4)5)33(6)7)29-48-42-39(44)41(47-27-36-22-16-11-17-23-36)40(46-26-35-20-14-10-15-21-35)38(50-42)28-45-25-34-18-12-9-13-19-34/h9-23,31-33,37-42,44H,8,24-30H2,1-7H3/t37-,38+,39+,40+,41+,42+,43+/m0/s1. The van der Waals surface area contributed by atoms with Crippen molar-refractivity contribution in [3.8, 4) is 0 Å². The van der Waals surface area contributed by atoms with Crippen LogP contribution in [0.25, 0.3) is 0 Å². The predicted molar refractivity (Wildman–Crippen MR) is 205 cm³/mol. The Bertz CT molecular complexity index is 1400. The van der Waals surface area contributed by atoms with Crippen molar-refractivity contribution >= 4 is 8.32 Å². The Morgan fingerprint density at radius 1 is 0.686 bits per heavy atom. The van der Waals surface area contributed by atoms with Crippen LogP contribution in [0.2, 0.25) is 16.6 Å². The molecule has 0 radical (unpaired) electrons. The Morgan fingerprint density at radius 2 is 1.18 bits per heavy atom. The molecule has 5 rings (SSSR count). The van der Waals surface area contributed by atoms with Crippen LogP contribution in [0.15, 0.2) is 91.0 Å². The van der Waals surface area contributed by atoms with Gasteiger partial charge in [-0.3, -0.25) is 0 Å². The van der Waals surface area contributed by atoms with E-state index < -0.39 is 39.0 Å².